The van der Waals surface area contributed by atoms with E-state index in [2.05, 4.69) is 4.90 Å². The maximum absolute atomic E-state index is 12.4. The number of para-hydroxylation sites is 2. The first kappa shape index (κ1) is 15.7. The molecule has 1 aromatic carbocycles. The first-order valence-electron chi connectivity index (χ1n) is 8.73. The Morgan fingerprint density at radius 3 is 2.29 bits per heavy atom. The topological polar surface area (TPSA) is 49.3 Å². The van der Waals surface area contributed by atoms with Crippen LogP contribution >= 0.6 is 11.8 Å². The zero-order valence-electron chi connectivity index (χ0n) is 13.8. The van der Waals surface area contributed by atoms with Gasteiger partial charge in [0, 0.05) is 26.2 Å². The molecule has 0 N–H and O–H groups in total. The summed E-state index contributed by atoms with van der Waals surface area (Å²) in [5, 5.41) is 0.892. The van der Waals surface area contributed by atoms with Crippen molar-refractivity contribution in [3.63, 3.8) is 0 Å². The minimum Gasteiger partial charge on any atom is -0.354 e. The number of hydrogen-bond acceptors (Lipinski definition) is 5. The molecule has 0 aliphatic carbocycles. The van der Waals surface area contributed by atoms with Crippen LogP contribution in [0.2, 0.25) is 0 Å². The molecule has 2 aliphatic rings. The number of benzene rings is 1. The Morgan fingerprint density at radius 1 is 0.958 bits per heavy atom. The van der Waals surface area contributed by atoms with E-state index in [1.54, 1.807) is 0 Å². The van der Waals surface area contributed by atoms with Gasteiger partial charge in [-0.1, -0.05) is 23.9 Å². The summed E-state index contributed by atoms with van der Waals surface area (Å²) in [5.41, 5.74) is 1.83. The average Bonchev–Trinajstić information content (AvgIpc) is 3.32. The summed E-state index contributed by atoms with van der Waals surface area (Å²) in [6, 6.07) is 7.97. The lowest BCUT2D eigenvalue weighted by atomic mass is 10.3. The van der Waals surface area contributed by atoms with E-state index in [-0.39, 0.29) is 5.91 Å². The van der Waals surface area contributed by atoms with Crippen LogP contribution in [0.3, 0.4) is 0 Å². The van der Waals surface area contributed by atoms with Crippen molar-refractivity contribution in [2.24, 2.45) is 0 Å². The van der Waals surface area contributed by atoms with E-state index in [1.165, 1.54) is 24.6 Å². The molecule has 0 atom stereocenters. The van der Waals surface area contributed by atoms with Gasteiger partial charge in [0.05, 0.1) is 16.8 Å². The minimum absolute atomic E-state index is 0.222. The largest absolute Gasteiger partial charge is 0.354 e. The Balaban J connectivity index is 1.59. The summed E-state index contributed by atoms with van der Waals surface area (Å²) < 4.78 is 0. The molecule has 0 spiro atoms. The molecule has 4 rings (SSSR count). The number of nitrogens with zero attached hydrogens (tertiary/aromatic N) is 4. The molecule has 0 radical (unpaired) electrons. The van der Waals surface area contributed by atoms with Crippen molar-refractivity contribution in [3.05, 3.63) is 24.3 Å². The molecule has 1 aromatic heterocycles. The van der Waals surface area contributed by atoms with Crippen LogP contribution in [0.1, 0.15) is 25.7 Å². The maximum atomic E-state index is 12.4. The Morgan fingerprint density at radius 2 is 1.58 bits per heavy atom. The van der Waals surface area contributed by atoms with Gasteiger partial charge < -0.3 is 9.80 Å². The molecule has 0 saturated carbocycles. The molecule has 2 fully saturated rings. The van der Waals surface area contributed by atoms with Gasteiger partial charge in [0.25, 0.3) is 0 Å². The highest BCUT2D eigenvalue weighted by molar-refractivity contribution is 8.00. The van der Waals surface area contributed by atoms with Gasteiger partial charge in [-0.2, -0.15) is 0 Å². The highest BCUT2D eigenvalue weighted by Gasteiger charge is 2.22. The summed E-state index contributed by atoms with van der Waals surface area (Å²) >= 11 is 1.54. The number of carbonyl (C=O) groups is 1. The van der Waals surface area contributed by atoms with Crippen LogP contribution in [0, 0.1) is 0 Å². The van der Waals surface area contributed by atoms with Crippen LogP contribution in [-0.4, -0.2) is 52.7 Å². The summed E-state index contributed by atoms with van der Waals surface area (Å²) in [6.45, 7) is 3.87. The lowest BCUT2D eigenvalue weighted by Crippen LogP contribution is -2.29. The normalized spacial score (nSPS) is 17.8. The molecule has 0 unspecified atom stereocenters. The monoisotopic (exact) mass is 342 g/mol. The first-order valence-corrected chi connectivity index (χ1v) is 9.72. The first-order chi connectivity index (χ1) is 11.8. The lowest BCUT2D eigenvalue weighted by Gasteiger charge is -2.20. The highest BCUT2D eigenvalue weighted by atomic mass is 32.2. The van der Waals surface area contributed by atoms with Crippen molar-refractivity contribution in [2.45, 2.75) is 30.7 Å². The summed E-state index contributed by atoms with van der Waals surface area (Å²) in [6.07, 6.45) is 4.66. The van der Waals surface area contributed by atoms with E-state index in [0.717, 1.165) is 60.9 Å². The fourth-order valence-corrected chi connectivity index (χ4v) is 4.30. The van der Waals surface area contributed by atoms with Gasteiger partial charge in [-0.25, -0.2) is 9.97 Å². The third-order valence-electron chi connectivity index (χ3n) is 4.72. The van der Waals surface area contributed by atoms with Crippen molar-refractivity contribution >= 4 is 34.5 Å². The Labute approximate surface area is 146 Å². The van der Waals surface area contributed by atoms with E-state index >= 15 is 0 Å². The Bertz CT molecular complexity index is 739. The van der Waals surface area contributed by atoms with Crippen LogP contribution in [0.15, 0.2) is 29.3 Å². The second kappa shape index (κ2) is 6.97. The molecular formula is C18H22N4OS. The van der Waals surface area contributed by atoms with Crippen molar-refractivity contribution in [3.8, 4) is 0 Å². The second-order valence-electron chi connectivity index (χ2n) is 6.41. The van der Waals surface area contributed by atoms with Gasteiger partial charge in [-0.3, -0.25) is 4.79 Å². The second-order valence-corrected chi connectivity index (χ2v) is 7.38. The third-order valence-corrected chi connectivity index (χ3v) is 5.66. The number of thioether (sulfide) groups is 1. The van der Waals surface area contributed by atoms with Crippen molar-refractivity contribution in [1.82, 2.24) is 14.9 Å². The number of carbonyl (C=O) groups excluding carboxylic acids is 1. The molecular weight excluding hydrogens is 320 g/mol. The molecule has 24 heavy (non-hydrogen) atoms. The fraction of sp³-hybridized carbons (Fsp3) is 0.500. The quantitative estimate of drug-likeness (QED) is 0.800. The predicted octanol–water partition coefficient (Wildman–Crippen LogP) is 2.94. The Hall–Kier alpha value is -1.82. The highest BCUT2D eigenvalue weighted by Crippen LogP contribution is 2.31. The molecule has 0 bridgehead atoms. The predicted molar refractivity (Wildman–Crippen MR) is 97.5 cm³/mol. The lowest BCUT2D eigenvalue weighted by molar-refractivity contribution is -0.127. The van der Waals surface area contributed by atoms with Gasteiger partial charge in [-0.15, -0.1) is 0 Å². The van der Waals surface area contributed by atoms with Crippen LogP contribution < -0.4 is 4.90 Å². The number of aromatic nitrogens is 2. The van der Waals surface area contributed by atoms with Gasteiger partial charge >= 0.3 is 0 Å². The van der Waals surface area contributed by atoms with E-state index in [9.17, 15) is 4.79 Å². The minimum atomic E-state index is 0.222. The number of anilines is 1. The van der Waals surface area contributed by atoms with E-state index in [1.807, 2.05) is 29.2 Å². The zero-order chi connectivity index (χ0) is 16.4. The van der Waals surface area contributed by atoms with Gasteiger partial charge in [0.1, 0.15) is 5.03 Å². The summed E-state index contributed by atoms with van der Waals surface area (Å²) in [5.74, 6) is 1.62. The molecule has 2 aliphatic heterocycles. The fourth-order valence-electron chi connectivity index (χ4n) is 3.39. The number of hydrogen-bond donors (Lipinski definition) is 0. The van der Waals surface area contributed by atoms with Gasteiger partial charge in [0.2, 0.25) is 5.91 Å². The number of likely N-dealkylation sites (tertiary alicyclic amines) is 1. The van der Waals surface area contributed by atoms with Crippen LogP contribution in [0.5, 0.6) is 0 Å². The maximum Gasteiger partial charge on any atom is 0.232 e. The Kier molecular flexibility index (Phi) is 4.56. The molecule has 5 nitrogen and oxygen atoms in total. The SMILES string of the molecule is O=C(CSc1nc2ccccc2nc1N1CCCC1)N1CCCC1. The van der Waals surface area contributed by atoms with Crippen molar-refractivity contribution in [1.29, 1.82) is 0 Å². The van der Waals surface area contributed by atoms with E-state index in [4.69, 9.17) is 9.97 Å². The summed E-state index contributed by atoms with van der Waals surface area (Å²) in [4.78, 5) is 26.3. The van der Waals surface area contributed by atoms with Crippen LogP contribution in [0.4, 0.5) is 5.82 Å². The molecule has 2 aromatic rings. The zero-order valence-corrected chi connectivity index (χ0v) is 14.6. The van der Waals surface area contributed by atoms with E-state index in [0.29, 0.717) is 5.75 Å². The molecule has 6 heteroatoms. The van der Waals surface area contributed by atoms with Crippen LogP contribution in [-0.2, 0) is 4.79 Å². The average molecular weight is 342 g/mol. The van der Waals surface area contributed by atoms with Gasteiger partial charge in [-0.05, 0) is 37.8 Å². The molecule has 3 heterocycles. The van der Waals surface area contributed by atoms with Crippen molar-refractivity contribution < 1.29 is 4.79 Å². The number of amides is 1. The smallest absolute Gasteiger partial charge is 0.232 e. The molecule has 1 amide bonds. The standard InChI is InChI=1S/C18H22N4OS/c23-16(21-9-3-4-10-21)13-24-18-17(22-11-5-6-12-22)19-14-7-1-2-8-15(14)20-18/h1-2,7-8H,3-6,9-13H2. The third kappa shape index (κ3) is 3.20. The van der Waals surface area contributed by atoms with Crippen LogP contribution in [0.25, 0.3) is 11.0 Å². The van der Waals surface area contributed by atoms with Gasteiger partial charge in [0.15, 0.2) is 5.82 Å². The number of fused-ring (bicyclic) bond motifs is 1. The van der Waals surface area contributed by atoms with E-state index < -0.39 is 0 Å². The number of rotatable bonds is 4. The molecule has 126 valence electrons. The summed E-state index contributed by atoms with van der Waals surface area (Å²) in [7, 11) is 0. The molecule has 2 saturated heterocycles. The van der Waals surface area contributed by atoms with Crippen molar-refractivity contribution in [2.75, 3.05) is 36.8 Å².